The van der Waals surface area contributed by atoms with E-state index in [4.69, 9.17) is 0 Å². The minimum Gasteiger partial charge on any atom is -0.313 e. The third-order valence-electron chi connectivity index (χ3n) is 7.36. The average Bonchev–Trinajstić information content (AvgIpc) is 3.19. The molecule has 4 nitrogen and oxygen atoms in total. The van der Waals surface area contributed by atoms with Crippen molar-refractivity contribution in [3.05, 3.63) is 77.1 Å². The Hall–Kier alpha value is -2.43. The lowest BCUT2D eigenvalue weighted by molar-refractivity contribution is 0.0595. The van der Waals surface area contributed by atoms with Crippen molar-refractivity contribution < 1.29 is 4.79 Å². The van der Waals surface area contributed by atoms with Crippen molar-refractivity contribution in [1.29, 1.82) is 0 Å². The van der Waals surface area contributed by atoms with Gasteiger partial charge in [-0.15, -0.1) is 0 Å². The van der Waals surface area contributed by atoms with Gasteiger partial charge >= 0.3 is 0 Å². The predicted octanol–water partition coefficient (Wildman–Crippen LogP) is 5.47. The van der Waals surface area contributed by atoms with Crippen LogP contribution in [0.25, 0.3) is 5.52 Å². The normalized spacial score (nSPS) is 19.9. The van der Waals surface area contributed by atoms with Crippen LogP contribution in [-0.4, -0.2) is 58.7 Å². The summed E-state index contributed by atoms with van der Waals surface area (Å²) in [5.41, 5.74) is 5.17. The largest absolute Gasteiger partial charge is 0.313 e. The van der Waals surface area contributed by atoms with Gasteiger partial charge in [0, 0.05) is 42.5 Å². The van der Waals surface area contributed by atoms with E-state index in [0.29, 0.717) is 12.1 Å². The standard InChI is InChI=1S/C29H39N3O/c1-5-6-11-26-19-27-12-7-8-18-32(27)28(26)29(33)25-15-13-24(14-16-25)10-9-17-31-20-22(2)30(4)23(3)21-31/h7-8,12-16,18-19,22-23H,5-6,9-11,17,20-21H2,1-4H3/t22-,23?/m0/s1. The summed E-state index contributed by atoms with van der Waals surface area (Å²) in [5, 5.41) is 0. The first-order valence-corrected chi connectivity index (χ1v) is 12.6. The Morgan fingerprint density at radius 2 is 1.70 bits per heavy atom. The molecule has 4 heteroatoms. The monoisotopic (exact) mass is 445 g/mol. The Morgan fingerprint density at radius 1 is 0.970 bits per heavy atom. The first-order chi connectivity index (χ1) is 16.0. The van der Waals surface area contributed by atoms with Crippen LogP contribution in [0.1, 0.15) is 67.2 Å². The van der Waals surface area contributed by atoms with Crippen molar-refractivity contribution in [1.82, 2.24) is 14.2 Å². The summed E-state index contributed by atoms with van der Waals surface area (Å²) in [6.45, 7) is 10.3. The molecule has 1 aromatic carbocycles. The van der Waals surface area contributed by atoms with Crippen molar-refractivity contribution in [3.63, 3.8) is 0 Å². The predicted molar refractivity (Wildman–Crippen MR) is 137 cm³/mol. The van der Waals surface area contributed by atoms with Crippen LogP contribution in [0.15, 0.2) is 54.7 Å². The molecular weight excluding hydrogens is 406 g/mol. The number of ketones is 1. The highest BCUT2D eigenvalue weighted by molar-refractivity contribution is 6.09. The molecule has 0 saturated carbocycles. The summed E-state index contributed by atoms with van der Waals surface area (Å²) >= 11 is 0. The van der Waals surface area contributed by atoms with Crippen LogP contribution in [0.3, 0.4) is 0 Å². The molecule has 2 aromatic heterocycles. The molecule has 0 aliphatic carbocycles. The van der Waals surface area contributed by atoms with Crippen molar-refractivity contribution >= 4 is 11.3 Å². The minimum absolute atomic E-state index is 0.124. The molecule has 4 rings (SSSR count). The van der Waals surface area contributed by atoms with Crippen molar-refractivity contribution in [2.75, 3.05) is 26.7 Å². The highest BCUT2D eigenvalue weighted by atomic mass is 16.1. The number of carbonyl (C=O) groups excluding carboxylic acids is 1. The van der Waals surface area contributed by atoms with E-state index >= 15 is 0 Å². The van der Waals surface area contributed by atoms with Crippen LogP contribution in [0.2, 0.25) is 0 Å². The topological polar surface area (TPSA) is 28.0 Å². The number of carbonyl (C=O) groups is 1. The number of fused-ring (bicyclic) bond motifs is 1. The molecule has 1 aliphatic heterocycles. The van der Waals surface area contributed by atoms with Gasteiger partial charge in [-0.25, -0.2) is 0 Å². The summed E-state index contributed by atoms with van der Waals surface area (Å²) in [5.74, 6) is 0.124. The minimum atomic E-state index is 0.124. The zero-order chi connectivity index (χ0) is 23.4. The third-order valence-corrected chi connectivity index (χ3v) is 7.36. The molecule has 1 fully saturated rings. The van der Waals surface area contributed by atoms with E-state index in [-0.39, 0.29) is 5.78 Å². The van der Waals surface area contributed by atoms with E-state index in [9.17, 15) is 4.79 Å². The summed E-state index contributed by atoms with van der Waals surface area (Å²) in [6.07, 6.45) is 7.38. The second-order valence-electron chi connectivity index (χ2n) is 9.87. The molecule has 1 saturated heterocycles. The number of likely N-dealkylation sites (N-methyl/N-ethyl adjacent to an activating group) is 1. The number of aryl methyl sites for hydroxylation is 2. The van der Waals surface area contributed by atoms with Crippen molar-refractivity contribution in [2.45, 2.75) is 65.0 Å². The van der Waals surface area contributed by atoms with Crippen molar-refractivity contribution in [2.24, 2.45) is 0 Å². The molecule has 0 radical (unpaired) electrons. The van der Waals surface area contributed by atoms with E-state index in [2.05, 4.69) is 66.3 Å². The molecule has 176 valence electrons. The molecule has 1 unspecified atom stereocenters. The van der Waals surface area contributed by atoms with Gasteiger partial charge in [0.05, 0.1) is 5.69 Å². The Kier molecular flexibility index (Phi) is 7.67. The maximum Gasteiger partial charge on any atom is 0.210 e. The number of rotatable bonds is 9. The molecule has 0 spiro atoms. The van der Waals surface area contributed by atoms with Crippen LogP contribution in [0.4, 0.5) is 0 Å². The molecule has 0 amide bonds. The second kappa shape index (κ2) is 10.7. The molecule has 3 heterocycles. The van der Waals surface area contributed by atoms with Gasteiger partial charge in [-0.1, -0.05) is 43.7 Å². The first kappa shape index (κ1) is 23.7. The fraction of sp³-hybridized carbons (Fsp3) is 0.483. The zero-order valence-corrected chi connectivity index (χ0v) is 20.8. The van der Waals surface area contributed by atoms with Gasteiger partial charge in [0.15, 0.2) is 0 Å². The summed E-state index contributed by atoms with van der Waals surface area (Å²) < 4.78 is 2.05. The lowest BCUT2D eigenvalue weighted by Gasteiger charge is -2.42. The van der Waals surface area contributed by atoms with Crippen LogP contribution in [-0.2, 0) is 12.8 Å². The van der Waals surface area contributed by atoms with Crippen LogP contribution < -0.4 is 0 Å². The Labute approximate surface area is 199 Å². The number of aromatic nitrogens is 1. The quantitative estimate of drug-likeness (QED) is 0.409. The SMILES string of the molecule is CCCCc1cc2ccccn2c1C(=O)c1ccc(CCCN2CC(C)N(C)[C@@H](C)C2)cc1. The lowest BCUT2D eigenvalue weighted by atomic mass is 10.00. The van der Waals surface area contributed by atoms with Gasteiger partial charge in [0.25, 0.3) is 0 Å². The van der Waals surface area contributed by atoms with E-state index < -0.39 is 0 Å². The number of benzene rings is 1. The third kappa shape index (κ3) is 5.39. The second-order valence-corrected chi connectivity index (χ2v) is 9.87. The fourth-order valence-electron chi connectivity index (χ4n) is 5.15. The van der Waals surface area contributed by atoms with Gasteiger partial charge in [-0.3, -0.25) is 9.69 Å². The number of nitrogens with zero attached hydrogens (tertiary/aromatic N) is 3. The maximum absolute atomic E-state index is 13.5. The van der Waals surface area contributed by atoms with Gasteiger partial charge in [0.2, 0.25) is 5.78 Å². The van der Waals surface area contributed by atoms with Crippen molar-refractivity contribution in [3.8, 4) is 0 Å². The van der Waals surface area contributed by atoms with E-state index in [0.717, 1.165) is 74.1 Å². The number of piperazine rings is 1. The van der Waals surface area contributed by atoms with Crippen LogP contribution in [0, 0.1) is 0 Å². The average molecular weight is 446 g/mol. The smallest absolute Gasteiger partial charge is 0.210 e. The summed E-state index contributed by atoms with van der Waals surface area (Å²) in [6, 6.07) is 17.8. The lowest BCUT2D eigenvalue weighted by Crippen LogP contribution is -2.54. The molecule has 1 aliphatic rings. The highest BCUT2D eigenvalue weighted by Gasteiger charge is 2.25. The maximum atomic E-state index is 13.5. The van der Waals surface area contributed by atoms with E-state index in [1.165, 1.54) is 5.56 Å². The zero-order valence-electron chi connectivity index (χ0n) is 20.8. The molecule has 3 aromatic rings. The number of pyridine rings is 1. The molecule has 2 atom stereocenters. The molecule has 0 N–H and O–H groups in total. The van der Waals surface area contributed by atoms with Crippen LogP contribution in [0.5, 0.6) is 0 Å². The molecule has 33 heavy (non-hydrogen) atoms. The van der Waals surface area contributed by atoms with Gasteiger partial charge in [-0.05, 0) is 82.4 Å². The van der Waals surface area contributed by atoms with E-state index in [1.807, 2.05) is 30.5 Å². The number of hydrogen-bond donors (Lipinski definition) is 0. The highest BCUT2D eigenvalue weighted by Crippen LogP contribution is 2.23. The summed E-state index contributed by atoms with van der Waals surface area (Å²) in [4.78, 5) is 18.6. The summed E-state index contributed by atoms with van der Waals surface area (Å²) in [7, 11) is 2.24. The van der Waals surface area contributed by atoms with Gasteiger partial charge < -0.3 is 9.30 Å². The first-order valence-electron chi connectivity index (χ1n) is 12.6. The number of unbranched alkanes of at least 4 members (excludes halogenated alkanes) is 1. The van der Waals surface area contributed by atoms with Gasteiger partial charge in [-0.2, -0.15) is 0 Å². The molecular formula is C29H39N3O. The van der Waals surface area contributed by atoms with Crippen LogP contribution >= 0.6 is 0 Å². The Morgan fingerprint density at radius 3 is 2.39 bits per heavy atom. The fourth-order valence-corrected chi connectivity index (χ4v) is 5.15. The number of hydrogen-bond acceptors (Lipinski definition) is 3. The molecule has 0 bridgehead atoms. The Bertz CT molecular complexity index is 1060. The van der Waals surface area contributed by atoms with E-state index in [1.54, 1.807) is 0 Å². The van der Waals surface area contributed by atoms with Gasteiger partial charge in [0.1, 0.15) is 0 Å². The Balaban J connectivity index is 1.41.